The van der Waals surface area contributed by atoms with Crippen LogP contribution in [0.5, 0.6) is 0 Å². The lowest BCUT2D eigenvalue weighted by atomic mass is 9.96. The fraction of sp³-hybridized carbons (Fsp3) is 0.417. The van der Waals surface area contributed by atoms with Crippen LogP contribution in [0.3, 0.4) is 0 Å². The fourth-order valence-electron chi connectivity index (χ4n) is 4.32. The molecule has 1 N–H and O–H groups in total. The summed E-state index contributed by atoms with van der Waals surface area (Å²) in [6.07, 6.45) is 1.98. The molecule has 0 radical (unpaired) electrons. The topological polar surface area (TPSA) is 50.2 Å². The zero-order chi connectivity index (χ0) is 20.4. The van der Waals surface area contributed by atoms with Gasteiger partial charge in [-0.05, 0) is 69.5 Å². The number of carbonyl (C=O) groups is 1. The Morgan fingerprint density at radius 2 is 2.03 bits per heavy atom. The number of hydrogen-bond donors (Lipinski definition) is 1. The van der Waals surface area contributed by atoms with E-state index in [0.717, 1.165) is 67.2 Å². The predicted molar refractivity (Wildman–Crippen MR) is 118 cm³/mol. The van der Waals surface area contributed by atoms with Gasteiger partial charge in [0.2, 0.25) is 5.91 Å². The Labute approximate surface area is 172 Å². The van der Waals surface area contributed by atoms with Crippen molar-refractivity contribution in [3.63, 3.8) is 0 Å². The molecule has 2 heterocycles. The van der Waals surface area contributed by atoms with Crippen LogP contribution < -0.4 is 5.32 Å². The van der Waals surface area contributed by atoms with E-state index in [1.54, 1.807) is 0 Å². The molecule has 152 valence electrons. The van der Waals surface area contributed by atoms with Crippen molar-refractivity contribution in [1.29, 1.82) is 0 Å². The maximum absolute atomic E-state index is 12.9. The number of nitrogens with one attached hydrogen (secondary N) is 1. The van der Waals surface area contributed by atoms with Gasteiger partial charge < -0.3 is 9.88 Å². The number of hydrogen-bond acceptors (Lipinski definition) is 3. The number of carbonyl (C=O) groups excluding carboxylic acids is 1. The number of fused-ring (bicyclic) bond motifs is 1. The van der Waals surface area contributed by atoms with Crippen molar-refractivity contribution in [2.75, 3.05) is 18.4 Å². The van der Waals surface area contributed by atoms with E-state index in [0.29, 0.717) is 0 Å². The minimum atomic E-state index is 0.0168. The molecular formula is C24H30N4O. The molecule has 1 aliphatic heterocycles. The summed E-state index contributed by atoms with van der Waals surface area (Å²) in [6.45, 7) is 9.74. The van der Waals surface area contributed by atoms with E-state index in [1.165, 1.54) is 5.52 Å². The zero-order valence-electron chi connectivity index (χ0n) is 17.6. The number of imidazole rings is 1. The summed E-state index contributed by atoms with van der Waals surface area (Å²) in [5.74, 6) is 1.24. The van der Waals surface area contributed by atoms with Crippen LogP contribution >= 0.6 is 0 Å². The monoisotopic (exact) mass is 390 g/mol. The second kappa shape index (κ2) is 8.37. The fourth-order valence-corrected chi connectivity index (χ4v) is 4.32. The maximum Gasteiger partial charge on any atom is 0.228 e. The number of likely N-dealkylation sites (tertiary alicyclic amines) is 1. The molecule has 0 saturated carbocycles. The van der Waals surface area contributed by atoms with Crippen LogP contribution in [0.4, 0.5) is 5.69 Å². The molecule has 5 heteroatoms. The summed E-state index contributed by atoms with van der Waals surface area (Å²) in [4.78, 5) is 20.2. The highest BCUT2D eigenvalue weighted by Gasteiger charge is 2.27. The highest BCUT2D eigenvalue weighted by atomic mass is 16.1. The normalized spacial score (nSPS) is 17.6. The van der Waals surface area contributed by atoms with Gasteiger partial charge >= 0.3 is 0 Å². The molecule has 1 saturated heterocycles. The van der Waals surface area contributed by atoms with Gasteiger partial charge in [-0.2, -0.15) is 0 Å². The Balaban J connectivity index is 1.46. The van der Waals surface area contributed by atoms with Gasteiger partial charge in [0.15, 0.2) is 0 Å². The molecule has 5 nitrogen and oxygen atoms in total. The SMILES string of the molecule is CCn1c(CN2CCC[C@H](C(=O)Nc3cc(C)ccc3C)C2)nc2ccccc21. The van der Waals surface area contributed by atoms with Crippen molar-refractivity contribution in [1.82, 2.24) is 14.5 Å². The van der Waals surface area contributed by atoms with Crippen molar-refractivity contribution in [2.24, 2.45) is 5.92 Å². The van der Waals surface area contributed by atoms with E-state index in [-0.39, 0.29) is 11.8 Å². The molecule has 2 aromatic carbocycles. The summed E-state index contributed by atoms with van der Waals surface area (Å²) in [7, 11) is 0. The van der Waals surface area contributed by atoms with Crippen LogP contribution in [-0.2, 0) is 17.9 Å². The molecule has 1 aromatic heterocycles. The molecular weight excluding hydrogens is 360 g/mol. The molecule has 3 aromatic rings. The first-order chi connectivity index (χ1) is 14.0. The first kappa shape index (κ1) is 19.6. The van der Waals surface area contributed by atoms with Crippen molar-refractivity contribution < 1.29 is 4.79 Å². The average molecular weight is 391 g/mol. The average Bonchev–Trinajstić information content (AvgIpc) is 3.07. The first-order valence-electron chi connectivity index (χ1n) is 10.6. The molecule has 0 bridgehead atoms. The Morgan fingerprint density at radius 1 is 1.21 bits per heavy atom. The van der Waals surface area contributed by atoms with Gasteiger partial charge in [0.05, 0.1) is 23.5 Å². The first-order valence-corrected chi connectivity index (χ1v) is 10.6. The van der Waals surface area contributed by atoms with Crippen molar-refractivity contribution in [3.8, 4) is 0 Å². The van der Waals surface area contributed by atoms with Gasteiger partial charge in [0.25, 0.3) is 0 Å². The quantitative estimate of drug-likeness (QED) is 0.697. The van der Waals surface area contributed by atoms with Crippen LogP contribution in [0.25, 0.3) is 11.0 Å². The lowest BCUT2D eigenvalue weighted by Gasteiger charge is -2.32. The molecule has 1 atom stereocenters. The van der Waals surface area contributed by atoms with Crippen LogP contribution in [0, 0.1) is 19.8 Å². The van der Waals surface area contributed by atoms with E-state index in [1.807, 2.05) is 13.0 Å². The molecule has 1 amide bonds. The summed E-state index contributed by atoms with van der Waals surface area (Å²) >= 11 is 0. The van der Waals surface area contributed by atoms with Gasteiger partial charge in [-0.15, -0.1) is 0 Å². The van der Waals surface area contributed by atoms with E-state index in [9.17, 15) is 4.79 Å². The van der Waals surface area contributed by atoms with Crippen molar-refractivity contribution >= 4 is 22.6 Å². The standard InChI is InChI=1S/C24H30N4O/c1-4-28-22-10-6-5-9-20(22)25-23(28)16-27-13-7-8-19(15-27)24(29)26-21-14-17(2)11-12-18(21)3/h5-6,9-12,14,19H,4,7-8,13,15-16H2,1-3H3,(H,26,29)/t19-/m0/s1. The molecule has 0 unspecified atom stereocenters. The Bertz CT molecular complexity index is 1020. The maximum atomic E-state index is 12.9. The number of nitrogens with zero attached hydrogens (tertiary/aromatic N) is 3. The van der Waals surface area contributed by atoms with Gasteiger partial charge in [0.1, 0.15) is 5.82 Å². The van der Waals surface area contributed by atoms with Gasteiger partial charge in [0, 0.05) is 18.8 Å². The van der Waals surface area contributed by atoms with Crippen LogP contribution in [-0.4, -0.2) is 33.4 Å². The number of aryl methyl sites for hydroxylation is 3. The molecule has 1 aliphatic rings. The molecule has 0 spiro atoms. The molecule has 29 heavy (non-hydrogen) atoms. The smallest absolute Gasteiger partial charge is 0.228 e. The third kappa shape index (κ3) is 4.20. The minimum Gasteiger partial charge on any atom is -0.327 e. The number of piperidine rings is 1. The Kier molecular flexibility index (Phi) is 5.67. The van der Waals surface area contributed by atoms with Crippen molar-refractivity contribution in [3.05, 3.63) is 59.4 Å². The lowest BCUT2D eigenvalue weighted by Crippen LogP contribution is -2.40. The third-order valence-electron chi connectivity index (χ3n) is 5.94. The predicted octanol–water partition coefficient (Wildman–Crippen LogP) is 4.52. The number of anilines is 1. The van der Waals surface area contributed by atoms with Gasteiger partial charge in [-0.1, -0.05) is 24.3 Å². The number of aromatic nitrogens is 2. The van der Waals surface area contributed by atoms with Gasteiger partial charge in [-0.25, -0.2) is 4.98 Å². The van der Waals surface area contributed by atoms with Crippen LogP contribution in [0.1, 0.15) is 36.7 Å². The summed E-state index contributed by atoms with van der Waals surface area (Å²) in [6, 6.07) is 14.5. The van der Waals surface area contributed by atoms with Gasteiger partial charge in [-0.3, -0.25) is 9.69 Å². The lowest BCUT2D eigenvalue weighted by molar-refractivity contribution is -0.121. The van der Waals surface area contributed by atoms with Crippen LogP contribution in [0.15, 0.2) is 42.5 Å². The second-order valence-corrected chi connectivity index (χ2v) is 8.14. The Morgan fingerprint density at radius 3 is 2.86 bits per heavy atom. The summed E-state index contributed by atoms with van der Waals surface area (Å²) < 4.78 is 2.29. The van der Waals surface area contributed by atoms with E-state index >= 15 is 0 Å². The number of amides is 1. The minimum absolute atomic E-state index is 0.0168. The third-order valence-corrected chi connectivity index (χ3v) is 5.94. The van der Waals surface area contributed by atoms with E-state index < -0.39 is 0 Å². The Hall–Kier alpha value is -2.66. The highest BCUT2D eigenvalue weighted by Crippen LogP contribution is 2.24. The van der Waals surface area contributed by atoms with E-state index in [4.69, 9.17) is 4.98 Å². The van der Waals surface area contributed by atoms with Crippen molar-refractivity contribution in [2.45, 2.75) is 46.7 Å². The summed E-state index contributed by atoms with van der Waals surface area (Å²) in [5, 5.41) is 3.16. The van der Waals surface area contributed by atoms with Crippen LogP contribution in [0.2, 0.25) is 0 Å². The molecule has 0 aliphatic carbocycles. The largest absolute Gasteiger partial charge is 0.327 e. The zero-order valence-corrected chi connectivity index (χ0v) is 17.6. The van der Waals surface area contributed by atoms with E-state index in [2.05, 4.69) is 65.0 Å². The summed E-state index contributed by atoms with van der Waals surface area (Å²) in [5.41, 5.74) is 5.43. The number of para-hydroxylation sites is 2. The molecule has 1 fully saturated rings. The number of benzene rings is 2. The highest BCUT2D eigenvalue weighted by molar-refractivity contribution is 5.93. The number of rotatable bonds is 5. The second-order valence-electron chi connectivity index (χ2n) is 8.14. The molecule has 4 rings (SSSR count).